The molecule has 1 aromatic carbocycles. The lowest BCUT2D eigenvalue weighted by molar-refractivity contribution is 0.0694. The van der Waals surface area contributed by atoms with Crippen LogP contribution in [0.25, 0.3) is 0 Å². The van der Waals surface area contributed by atoms with Gasteiger partial charge < -0.3 is 25.8 Å². The monoisotopic (exact) mass is 346 g/mol. The van der Waals surface area contributed by atoms with E-state index in [0.29, 0.717) is 18.2 Å². The van der Waals surface area contributed by atoms with Gasteiger partial charge in [0.05, 0.1) is 11.5 Å². The molecule has 1 heterocycles. The van der Waals surface area contributed by atoms with Crippen LogP contribution >= 0.6 is 0 Å². The minimum atomic E-state index is -1.04. The maximum atomic E-state index is 11.3. The second-order valence-electron chi connectivity index (χ2n) is 7.30. The largest absolute Gasteiger partial charge is 0.541 e. The van der Waals surface area contributed by atoms with E-state index in [1.165, 1.54) is 25.3 Å². The zero-order chi connectivity index (χ0) is 17.8. The molecule has 0 spiro atoms. The molecule has 1 atom stereocenters. The highest BCUT2D eigenvalue weighted by Gasteiger charge is 2.36. The van der Waals surface area contributed by atoms with Crippen molar-refractivity contribution in [1.82, 2.24) is 5.32 Å². The van der Waals surface area contributed by atoms with Crippen LogP contribution in [0.3, 0.4) is 0 Å². The third-order valence-electron chi connectivity index (χ3n) is 5.44. The van der Waals surface area contributed by atoms with Gasteiger partial charge in [0.2, 0.25) is 0 Å². The number of carbonyl (C=O) groups is 1. The standard InChI is InChI=1S/C18H27BN2O4/c20-14-8-6-12(7-9-14)3-2-10-21-16-11-13-4-1-5-15(18(22)23)17(13)25-19(16)24/h1,4-5,12,14,16,21,24H,2-3,6-11,20H2,(H,22,23)/t12-,14-,16-/m0/s1. The molecule has 25 heavy (non-hydrogen) atoms. The molecule has 0 bridgehead atoms. The number of carboxylic acid groups (broad SMARTS) is 1. The van der Waals surface area contributed by atoms with Crippen molar-refractivity contribution in [3.05, 3.63) is 29.3 Å². The molecule has 7 heteroatoms. The van der Waals surface area contributed by atoms with E-state index >= 15 is 0 Å². The molecule has 1 saturated carbocycles. The summed E-state index contributed by atoms with van der Waals surface area (Å²) in [5, 5.41) is 22.8. The summed E-state index contributed by atoms with van der Waals surface area (Å²) < 4.78 is 5.49. The van der Waals surface area contributed by atoms with E-state index in [4.69, 9.17) is 10.4 Å². The molecule has 0 unspecified atom stereocenters. The Balaban J connectivity index is 1.48. The quantitative estimate of drug-likeness (QED) is 0.461. The van der Waals surface area contributed by atoms with Crippen molar-refractivity contribution in [2.75, 3.05) is 6.54 Å². The third kappa shape index (κ3) is 4.54. The number of hydrogen-bond acceptors (Lipinski definition) is 5. The Kier molecular flexibility index (Phi) is 5.99. The number of nitrogens with one attached hydrogen (secondary N) is 1. The van der Waals surface area contributed by atoms with Crippen molar-refractivity contribution >= 4 is 13.1 Å². The average Bonchev–Trinajstić information content (AvgIpc) is 2.60. The van der Waals surface area contributed by atoms with Crippen LogP contribution in [-0.4, -0.2) is 41.7 Å². The fourth-order valence-electron chi connectivity index (χ4n) is 3.92. The molecule has 0 amide bonds. The van der Waals surface area contributed by atoms with Crippen molar-refractivity contribution < 1.29 is 19.6 Å². The van der Waals surface area contributed by atoms with Crippen molar-refractivity contribution in [3.8, 4) is 5.75 Å². The summed E-state index contributed by atoms with van der Waals surface area (Å²) >= 11 is 0. The first-order valence-electron chi connectivity index (χ1n) is 9.23. The highest BCUT2D eigenvalue weighted by Crippen LogP contribution is 2.30. The predicted molar refractivity (Wildman–Crippen MR) is 96.7 cm³/mol. The Labute approximate surface area is 148 Å². The summed E-state index contributed by atoms with van der Waals surface area (Å²) in [5.41, 5.74) is 6.87. The summed E-state index contributed by atoms with van der Waals surface area (Å²) in [6, 6.07) is 5.46. The minimum Gasteiger partial charge on any atom is -0.534 e. The molecule has 1 aliphatic heterocycles. The molecular formula is C18H27BN2O4. The average molecular weight is 346 g/mol. The fraction of sp³-hybridized carbons (Fsp3) is 0.611. The number of rotatable bonds is 6. The van der Waals surface area contributed by atoms with Crippen LogP contribution in [0.5, 0.6) is 5.75 Å². The zero-order valence-electron chi connectivity index (χ0n) is 14.5. The predicted octanol–water partition coefficient (Wildman–Crippen LogP) is 1.60. The maximum Gasteiger partial charge on any atom is 0.541 e. The summed E-state index contributed by atoms with van der Waals surface area (Å²) in [6.07, 6.45) is 7.53. The van der Waals surface area contributed by atoms with Gasteiger partial charge in [-0.15, -0.1) is 0 Å². The van der Waals surface area contributed by atoms with Crippen LogP contribution in [0, 0.1) is 5.92 Å². The Morgan fingerprint density at radius 2 is 2.08 bits per heavy atom. The molecule has 0 aromatic heterocycles. The van der Waals surface area contributed by atoms with Gasteiger partial charge in [-0.3, -0.25) is 0 Å². The number of para-hydroxylation sites is 1. The Bertz CT molecular complexity index is 605. The second kappa shape index (κ2) is 8.21. The first-order valence-corrected chi connectivity index (χ1v) is 9.23. The van der Waals surface area contributed by atoms with Crippen LogP contribution in [0.2, 0.25) is 0 Å². The third-order valence-corrected chi connectivity index (χ3v) is 5.44. The van der Waals surface area contributed by atoms with E-state index in [9.17, 15) is 14.9 Å². The molecule has 1 aromatic rings. The number of carboxylic acids is 1. The highest BCUT2D eigenvalue weighted by molar-refractivity contribution is 6.46. The van der Waals surface area contributed by atoms with Crippen molar-refractivity contribution in [2.24, 2.45) is 11.7 Å². The van der Waals surface area contributed by atoms with Gasteiger partial charge in [-0.25, -0.2) is 4.79 Å². The first kappa shape index (κ1) is 18.2. The van der Waals surface area contributed by atoms with Gasteiger partial charge in [-0.05, 0) is 69.0 Å². The van der Waals surface area contributed by atoms with Gasteiger partial charge in [0.15, 0.2) is 0 Å². The molecule has 1 fully saturated rings. The van der Waals surface area contributed by atoms with E-state index in [-0.39, 0.29) is 11.5 Å². The van der Waals surface area contributed by atoms with Gasteiger partial charge >= 0.3 is 13.1 Å². The van der Waals surface area contributed by atoms with Gasteiger partial charge in [-0.1, -0.05) is 12.1 Å². The van der Waals surface area contributed by atoms with Crippen LogP contribution in [0.4, 0.5) is 0 Å². The summed E-state index contributed by atoms with van der Waals surface area (Å²) in [6.45, 7) is 0.821. The lowest BCUT2D eigenvalue weighted by Crippen LogP contribution is -2.51. The van der Waals surface area contributed by atoms with Crippen molar-refractivity contribution in [2.45, 2.75) is 56.9 Å². The molecular weight excluding hydrogens is 319 g/mol. The van der Waals surface area contributed by atoms with Gasteiger partial charge in [0, 0.05) is 6.04 Å². The van der Waals surface area contributed by atoms with Gasteiger partial charge in [0.1, 0.15) is 5.75 Å². The smallest absolute Gasteiger partial charge is 0.534 e. The number of nitrogens with two attached hydrogens (primary N) is 1. The first-order chi connectivity index (χ1) is 12.0. The molecule has 5 N–H and O–H groups in total. The van der Waals surface area contributed by atoms with E-state index < -0.39 is 13.1 Å². The molecule has 0 saturated heterocycles. The molecule has 136 valence electrons. The number of fused-ring (bicyclic) bond motifs is 1. The fourth-order valence-corrected chi connectivity index (χ4v) is 3.92. The normalized spacial score (nSPS) is 26.0. The van der Waals surface area contributed by atoms with E-state index in [0.717, 1.165) is 37.3 Å². The van der Waals surface area contributed by atoms with Gasteiger partial charge in [-0.2, -0.15) is 0 Å². The van der Waals surface area contributed by atoms with E-state index in [2.05, 4.69) is 5.32 Å². The molecule has 1 aliphatic carbocycles. The van der Waals surface area contributed by atoms with Crippen LogP contribution in [-0.2, 0) is 6.42 Å². The Hall–Kier alpha value is -1.57. The maximum absolute atomic E-state index is 11.3. The van der Waals surface area contributed by atoms with E-state index in [1.807, 2.05) is 6.07 Å². The number of aromatic carboxylic acids is 1. The summed E-state index contributed by atoms with van der Waals surface area (Å²) in [4.78, 5) is 11.3. The number of hydrogen-bond donors (Lipinski definition) is 4. The second-order valence-corrected chi connectivity index (χ2v) is 7.30. The van der Waals surface area contributed by atoms with Crippen LogP contribution < -0.4 is 15.7 Å². The molecule has 2 aliphatic rings. The van der Waals surface area contributed by atoms with E-state index in [1.54, 1.807) is 6.07 Å². The lowest BCUT2D eigenvalue weighted by Gasteiger charge is -2.29. The zero-order valence-corrected chi connectivity index (χ0v) is 14.5. The van der Waals surface area contributed by atoms with Crippen LogP contribution in [0.15, 0.2) is 18.2 Å². The van der Waals surface area contributed by atoms with Crippen molar-refractivity contribution in [3.63, 3.8) is 0 Å². The molecule has 3 rings (SSSR count). The molecule has 6 nitrogen and oxygen atoms in total. The highest BCUT2D eigenvalue weighted by atomic mass is 16.5. The summed E-state index contributed by atoms with van der Waals surface area (Å²) in [7, 11) is -1.03. The SMILES string of the molecule is N[C@H]1CC[C@H](CCCN[C@H]2Cc3cccc(C(=O)O)c3OB2O)CC1. The van der Waals surface area contributed by atoms with Gasteiger partial charge in [0.25, 0.3) is 0 Å². The van der Waals surface area contributed by atoms with Crippen molar-refractivity contribution in [1.29, 1.82) is 0 Å². The number of benzene rings is 1. The summed E-state index contributed by atoms with van der Waals surface area (Å²) in [5.74, 6) is -0.189. The minimum absolute atomic E-state index is 0.102. The molecule has 0 radical (unpaired) electrons. The Morgan fingerprint density at radius 1 is 1.32 bits per heavy atom. The Morgan fingerprint density at radius 3 is 2.80 bits per heavy atom. The van der Waals surface area contributed by atoms with Crippen LogP contribution in [0.1, 0.15) is 54.4 Å². The topological polar surface area (TPSA) is 105 Å². The lowest BCUT2D eigenvalue weighted by atomic mass is 9.72.